The quantitative estimate of drug-likeness (QED) is 0.403. The van der Waals surface area contributed by atoms with E-state index in [1.807, 2.05) is 4.90 Å². The molecular weight excluding hydrogens is 310 g/mol. The lowest BCUT2D eigenvalue weighted by Crippen LogP contribution is -2.51. The van der Waals surface area contributed by atoms with Crippen LogP contribution in [0.25, 0.3) is 0 Å². The van der Waals surface area contributed by atoms with Crippen LogP contribution in [0, 0.1) is 0 Å². The second-order valence-corrected chi connectivity index (χ2v) is 5.19. The van der Waals surface area contributed by atoms with Crippen LogP contribution in [0.4, 0.5) is 17.6 Å². The summed E-state index contributed by atoms with van der Waals surface area (Å²) in [5, 5.41) is 0. The first-order valence-electron chi connectivity index (χ1n) is 5.75. The van der Waals surface area contributed by atoms with Crippen molar-refractivity contribution in [1.29, 1.82) is 0 Å². The number of rotatable bonds is 3. The minimum absolute atomic E-state index is 0. The highest BCUT2D eigenvalue weighted by atomic mass is 35.5. The van der Waals surface area contributed by atoms with Crippen molar-refractivity contribution in [3.63, 3.8) is 0 Å². The van der Waals surface area contributed by atoms with Gasteiger partial charge in [-0.2, -0.15) is 8.42 Å². The van der Waals surface area contributed by atoms with Gasteiger partial charge in [-0.15, -0.1) is 12.4 Å². The Balaban J connectivity index is 0.00000200. The molecule has 1 aliphatic rings. The van der Waals surface area contributed by atoms with Crippen molar-refractivity contribution < 1.29 is 22.0 Å². The van der Waals surface area contributed by atoms with Crippen molar-refractivity contribution in [3.8, 4) is 0 Å². The van der Waals surface area contributed by atoms with Crippen LogP contribution in [-0.4, -0.2) is 31.0 Å². The Bertz CT molecular complexity index is 553. The molecule has 0 saturated carbocycles. The van der Waals surface area contributed by atoms with Gasteiger partial charge in [0.1, 0.15) is 0 Å². The van der Waals surface area contributed by atoms with E-state index in [0.717, 1.165) is 32.4 Å². The molecule has 1 fully saturated rings. The molecule has 11 heteroatoms. The van der Waals surface area contributed by atoms with Gasteiger partial charge in [-0.25, -0.2) is 4.28 Å². The maximum atomic E-state index is 10.5. The second-order valence-electron chi connectivity index (χ2n) is 4.22. The standard InChI is InChI=1S/C9H15N5O4S.ClH/c10-7-6-8(13-4-2-1-3-5-13)12-9(11)14(7)18-19(15,16)17;/h6H,1-5H2,(H4,10,11,12,15,16,17);1H. The first kappa shape index (κ1) is 16.5. The summed E-state index contributed by atoms with van der Waals surface area (Å²) < 4.78 is 36.2. The molecule has 1 aromatic rings. The number of piperidine rings is 1. The average molecular weight is 326 g/mol. The van der Waals surface area contributed by atoms with Gasteiger partial charge in [-0.1, -0.05) is 4.98 Å². The van der Waals surface area contributed by atoms with Crippen molar-refractivity contribution >= 4 is 40.4 Å². The molecule has 2 heterocycles. The van der Waals surface area contributed by atoms with Gasteiger partial charge in [-0.3, -0.25) is 0 Å². The van der Waals surface area contributed by atoms with E-state index in [1.54, 1.807) is 0 Å². The number of nitrogens with zero attached hydrogens (tertiary/aromatic N) is 3. The van der Waals surface area contributed by atoms with Crippen LogP contribution >= 0.6 is 12.4 Å². The Morgan fingerprint density at radius 1 is 1.30 bits per heavy atom. The van der Waals surface area contributed by atoms with E-state index in [9.17, 15) is 13.0 Å². The number of nitrogens with two attached hydrogens (primary N) is 2. The number of halogens is 1. The molecule has 0 spiro atoms. The Labute approximate surface area is 122 Å². The normalized spacial score (nSPS) is 15.6. The number of hydrogen-bond donors (Lipinski definition) is 2. The Morgan fingerprint density at radius 2 is 1.90 bits per heavy atom. The van der Waals surface area contributed by atoms with E-state index in [-0.39, 0.29) is 24.2 Å². The molecule has 20 heavy (non-hydrogen) atoms. The van der Waals surface area contributed by atoms with Gasteiger partial charge < -0.3 is 20.9 Å². The smallest absolute Gasteiger partial charge is 0.385 e. The summed E-state index contributed by atoms with van der Waals surface area (Å²) in [5.74, 6) is 0.144. The van der Waals surface area contributed by atoms with Crippen LogP contribution in [-0.2, 0) is 10.4 Å². The fourth-order valence-electron chi connectivity index (χ4n) is 1.98. The largest absolute Gasteiger partial charge is 0.714 e. The van der Waals surface area contributed by atoms with Crippen molar-refractivity contribution in [1.82, 2.24) is 4.98 Å². The minimum atomic E-state index is -4.96. The molecule has 4 N–H and O–H groups in total. The van der Waals surface area contributed by atoms with Crippen LogP contribution in [0.5, 0.6) is 0 Å². The molecule has 0 atom stereocenters. The second kappa shape index (κ2) is 6.29. The highest BCUT2D eigenvalue weighted by molar-refractivity contribution is 7.80. The van der Waals surface area contributed by atoms with Gasteiger partial charge in [0, 0.05) is 13.1 Å². The lowest BCUT2D eigenvalue weighted by molar-refractivity contribution is -0.835. The average Bonchev–Trinajstić information content (AvgIpc) is 2.33. The zero-order valence-electron chi connectivity index (χ0n) is 10.6. The summed E-state index contributed by atoms with van der Waals surface area (Å²) in [6, 6.07) is 1.42. The number of anilines is 3. The zero-order chi connectivity index (χ0) is 14.0. The van der Waals surface area contributed by atoms with Crippen molar-refractivity contribution in [2.45, 2.75) is 19.3 Å². The molecule has 0 aromatic carbocycles. The molecule has 2 rings (SSSR count). The molecule has 0 unspecified atom stereocenters. The fourth-order valence-corrected chi connectivity index (χ4v) is 2.32. The van der Waals surface area contributed by atoms with Crippen LogP contribution in [0.15, 0.2) is 6.07 Å². The highest BCUT2D eigenvalue weighted by Gasteiger charge is 2.21. The van der Waals surface area contributed by atoms with Gasteiger partial charge in [0.25, 0.3) is 10.4 Å². The summed E-state index contributed by atoms with van der Waals surface area (Å²) in [7, 11) is -4.96. The molecule has 9 nitrogen and oxygen atoms in total. The van der Waals surface area contributed by atoms with Gasteiger partial charge in [-0.05, 0) is 24.0 Å². The topological polar surface area (TPSA) is 138 Å². The van der Waals surface area contributed by atoms with Crippen LogP contribution in [0.2, 0.25) is 0 Å². The third-order valence-corrected chi connectivity index (χ3v) is 3.13. The lowest BCUT2D eigenvalue weighted by Gasteiger charge is -2.26. The van der Waals surface area contributed by atoms with E-state index < -0.39 is 10.4 Å². The van der Waals surface area contributed by atoms with Gasteiger partial charge >= 0.3 is 5.95 Å². The minimum Gasteiger partial charge on any atom is -0.714 e. The maximum absolute atomic E-state index is 10.5. The van der Waals surface area contributed by atoms with Crippen molar-refractivity contribution in [3.05, 3.63) is 6.07 Å². The summed E-state index contributed by atoms with van der Waals surface area (Å²) in [6.07, 6.45) is 3.25. The first-order chi connectivity index (χ1) is 8.87. The first-order valence-corrected chi connectivity index (χ1v) is 7.09. The van der Waals surface area contributed by atoms with E-state index in [0.29, 0.717) is 10.5 Å². The summed E-state index contributed by atoms with van der Waals surface area (Å²) >= 11 is 0. The van der Waals surface area contributed by atoms with E-state index in [4.69, 9.17) is 11.5 Å². The fraction of sp³-hybridized carbons (Fsp3) is 0.556. The van der Waals surface area contributed by atoms with Crippen molar-refractivity contribution in [2.24, 2.45) is 0 Å². The van der Waals surface area contributed by atoms with Gasteiger partial charge in [0.15, 0.2) is 5.82 Å². The lowest BCUT2D eigenvalue weighted by atomic mass is 10.1. The molecule has 1 saturated heterocycles. The zero-order valence-corrected chi connectivity index (χ0v) is 12.2. The van der Waals surface area contributed by atoms with Gasteiger partial charge in [0.05, 0.1) is 6.07 Å². The predicted octanol–water partition coefficient (Wildman–Crippen LogP) is -1.17. The Kier molecular flexibility index (Phi) is 5.20. The molecule has 114 valence electrons. The van der Waals surface area contributed by atoms with Gasteiger partial charge in [0.2, 0.25) is 5.82 Å². The van der Waals surface area contributed by atoms with E-state index in [2.05, 4.69) is 9.27 Å². The van der Waals surface area contributed by atoms with Crippen molar-refractivity contribution in [2.75, 3.05) is 29.5 Å². The van der Waals surface area contributed by atoms with Crippen LogP contribution in [0.3, 0.4) is 0 Å². The molecule has 1 aromatic heterocycles. The molecule has 0 bridgehead atoms. The summed E-state index contributed by atoms with van der Waals surface area (Å²) in [5.41, 5.74) is 11.2. The number of nitrogen functional groups attached to an aromatic ring is 2. The SMILES string of the molecule is Cl.Nc1cc(N2CCCCC2)nc(N)[n+]1OS(=O)(=O)[O-]. The number of hydrogen-bond acceptors (Lipinski definition) is 8. The molecule has 0 amide bonds. The van der Waals surface area contributed by atoms with E-state index >= 15 is 0 Å². The molecular formula is C9H16ClN5O4S. The highest BCUT2D eigenvalue weighted by Crippen LogP contribution is 2.18. The Morgan fingerprint density at radius 3 is 2.40 bits per heavy atom. The van der Waals surface area contributed by atoms with E-state index in [1.165, 1.54) is 6.07 Å². The summed E-state index contributed by atoms with van der Waals surface area (Å²) in [4.78, 5) is 5.99. The third kappa shape index (κ3) is 3.99. The van der Waals surface area contributed by atoms with Crippen LogP contribution in [0.1, 0.15) is 19.3 Å². The molecule has 1 aliphatic heterocycles. The third-order valence-electron chi connectivity index (χ3n) is 2.79. The molecule has 0 radical (unpaired) electrons. The molecule has 0 aliphatic carbocycles. The maximum Gasteiger partial charge on any atom is 0.385 e. The number of aromatic nitrogens is 2. The monoisotopic (exact) mass is 325 g/mol. The van der Waals surface area contributed by atoms with Crippen LogP contribution < -0.4 is 25.4 Å². The Hall–Kier alpha value is -1.52. The predicted molar refractivity (Wildman–Crippen MR) is 72.8 cm³/mol. The summed E-state index contributed by atoms with van der Waals surface area (Å²) in [6.45, 7) is 1.66.